The van der Waals surface area contributed by atoms with Crippen molar-refractivity contribution in [2.75, 3.05) is 6.54 Å². The van der Waals surface area contributed by atoms with Gasteiger partial charge >= 0.3 is 0 Å². The number of carbonyl (C=O) groups is 1. The lowest BCUT2D eigenvalue weighted by Crippen LogP contribution is -2.13. The Bertz CT molecular complexity index is 624. The minimum absolute atomic E-state index is 0.0324. The molecule has 4 nitrogen and oxygen atoms in total. The SMILES string of the molecule is Cn1c(C2CCCC2)nc2cc(C(=O)CN)ccc21. The number of Topliss-reactive ketones (excluding diaryl/α,β-unsaturated/α-hetero) is 1. The van der Waals surface area contributed by atoms with Crippen LogP contribution in [0.3, 0.4) is 0 Å². The van der Waals surface area contributed by atoms with Crippen LogP contribution in [0.4, 0.5) is 0 Å². The fourth-order valence-corrected chi connectivity index (χ4v) is 3.06. The van der Waals surface area contributed by atoms with E-state index in [1.165, 1.54) is 25.7 Å². The maximum atomic E-state index is 11.6. The second-order valence-corrected chi connectivity index (χ2v) is 5.34. The van der Waals surface area contributed by atoms with Gasteiger partial charge in [-0.25, -0.2) is 4.98 Å². The largest absolute Gasteiger partial charge is 0.331 e. The minimum atomic E-state index is -0.0324. The molecule has 1 heterocycles. The van der Waals surface area contributed by atoms with E-state index in [2.05, 4.69) is 11.6 Å². The van der Waals surface area contributed by atoms with E-state index in [0.717, 1.165) is 16.9 Å². The lowest BCUT2D eigenvalue weighted by molar-refractivity contribution is 0.100. The van der Waals surface area contributed by atoms with Crippen molar-refractivity contribution >= 4 is 16.8 Å². The molecule has 1 fully saturated rings. The standard InChI is InChI=1S/C15H19N3O/c1-18-13-7-6-11(14(19)9-16)8-12(13)17-15(18)10-4-2-3-5-10/h6-8,10H,2-5,9,16H2,1H3. The molecule has 0 radical (unpaired) electrons. The molecule has 0 unspecified atom stereocenters. The Morgan fingerprint density at radius 2 is 2.16 bits per heavy atom. The van der Waals surface area contributed by atoms with E-state index in [1.807, 2.05) is 18.2 Å². The Labute approximate surface area is 112 Å². The Kier molecular flexibility index (Phi) is 3.11. The van der Waals surface area contributed by atoms with Crippen LogP contribution in [0.5, 0.6) is 0 Å². The predicted molar refractivity (Wildman–Crippen MR) is 75.3 cm³/mol. The third-order valence-electron chi connectivity index (χ3n) is 4.14. The first-order chi connectivity index (χ1) is 9.20. The first-order valence-corrected chi connectivity index (χ1v) is 6.90. The summed E-state index contributed by atoms with van der Waals surface area (Å²) in [7, 11) is 2.06. The van der Waals surface area contributed by atoms with Crippen LogP contribution in [0.25, 0.3) is 11.0 Å². The number of rotatable bonds is 3. The quantitative estimate of drug-likeness (QED) is 0.859. The molecule has 1 saturated carbocycles. The molecular formula is C15H19N3O. The molecule has 1 aromatic carbocycles. The number of carbonyl (C=O) groups excluding carboxylic acids is 1. The van der Waals surface area contributed by atoms with Crippen LogP contribution in [0.15, 0.2) is 18.2 Å². The van der Waals surface area contributed by atoms with Crippen LogP contribution in [0, 0.1) is 0 Å². The summed E-state index contributed by atoms with van der Waals surface area (Å²) in [4.78, 5) is 16.4. The summed E-state index contributed by atoms with van der Waals surface area (Å²) in [5.74, 6) is 1.70. The van der Waals surface area contributed by atoms with E-state index >= 15 is 0 Å². The summed E-state index contributed by atoms with van der Waals surface area (Å²) in [6, 6.07) is 5.68. The number of imidazole rings is 1. The molecule has 1 aromatic heterocycles. The number of nitrogens with zero attached hydrogens (tertiary/aromatic N) is 2. The van der Waals surface area contributed by atoms with Crippen LogP contribution < -0.4 is 5.73 Å². The molecule has 0 bridgehead atoms. The van der Waals surface area contributed by atoms with E-state index in [9.17, 15) is 4.79 Å². The van der Waals surface area contributed by atoms with Gasteiger partial charge in [0.1, 0.15) is 5.82 Å². The summed E-state index contributed by atoms with van der Waals surface area (Å²) in [5.41, 5.74) is 8.07. The molecule has 0 aliphatic heterocycles. The minimum Gasteiger partial charge on any atom is -0.331 e. The van der Waals surface area contributed by atoms with Crippen molar-refractivity contribution in [3.8, 4) is 0 Å². The van der Waals surface area contributed by atoms with E-state index in [1.54, 1.807) is 0 Å². The molecule has 0 amide bonds. The average Bonchev–Trinajstić information content (AvgIpc) is 3.05. The molecule has 1 aliphatic rings. The van der Waals surface area contributed by atoms with Crippen LogP contribution in [0.1, 0.15) is 47.8 Å². The number of benzene rings is 1. The Balaban J connectivity index is 2.06. The fraction of sp³-hybridized carbons (Fsp3) is 0.467. The third-order valence-corrected chi connectivity index (χ3v) is 4.14. The van der Waals surface area contributed by atoms with Gasteiger partial charge in [-0.2, -0.15) is 0 Å². The highest BCUT2D eigenvalue weighted by atomic mass is 16.1. The summed E-state index contributed by atoms with van der Waals surface area (Å²) in [5, 5.41) is 0. The number of aryl methyl sites for hydroxylation is 1. The average molecular weight is 257 g/mol. The number of hydrogen-bond donors (Lipinski definition) is 1. The number of hydrogen-bond acceptors (Lipinski definition) is 3. The predicted octanol–water partition coefficient (Wildman–Crippen LogP) is 2.37. The zero-order valence-corrected chi connectivity index (χ0v) is 11.2. The zero-order valence-electron chi connectivity index (χ0n) is 11.2. The van der Waals surface area contributed by atoms with E-state index in [4.69, 9.17) is 10.7 Å². The highest BCUT2D eigenvalue weighted by Crippen LogP contribution is 2.34. The smallest absolute Gasteiger partial charge is 0.176 e. The van der Waals surface area contributed by atoms with Crippen molar-refractivity contribution in [3.05, 3.63) is 29.6 Å². The van der Waals surface area contributed by atoms with Crippen LogP contribution in [-0.4, -0.2) is 21.9 Å². The van der Waals surface area contributed by atoms with E-state index < -0.39 is 0 Å². The van der Waals surface area contributed by atoms with Crippen molar-refractivity contribution in [3.63, 3.8) is 0 Å². The maximum Gasteiger partial charge on any atom is 0.176 e. The van der Waals surface area contributed by atoms with Crippen molar-refractivity contribution < 1.29 is 4.79 Å². The number of ketones is 1. The third kappa shape index (κ3) is 2.06. The molecule has 2 N–H and O–H groups in total. The van der Waals surface area contributed by atoms with Gasteiger partial charge in [-0.3, -0.25) is 4.79 Å². The van der Waals surface area contributed by atoms with E-state index in [0.29, 0.717) is 11.5 Å². The fourth-order valence-electron chi connectivity index (χ4n) is 3.06. The van der Waals surface area contributed by atoms with Crippen molar-refractivity contribution in [1.29, 1.82) is 0 Å². The van der Waals surface area contributed by atoms with Gasteiger partial charge in [0.05, 0.1) is 17.6 Å². The highest BCUT2D eigenvalue weighted by molar-refractivity contribution is 6.00. The molecule has 0 spiro atoms. The second kappa shape index (κ2) is 4.78. The summed E-state index contributed by atoms with van der Waals surface area (Å²) in [6.45, 7) is 0.0494. The molecule has 0 saturated heterocycles. The highest BCUT2D eigenvalue weighted by Gasteiger charge is 2.22. The molecule has 2 aromatic rings. The molecule has 0 atom stereocenters. The van der Waals surface area contributed by atoms with Gasteiger partial charge in [-0.1, -0.05) is 12.8 Å². The van der Waals surface area contributed by atoms with Crippen LogP contribution in [-0.2, 0) is 7.05 Å². The lowest BCUT2D eigenvalue weighted by Gasteiger charge is -2.08. The van der Waals surface area contributed by atoms with Gasteiger partial charge in [0.25, 0.3) is 0 Å². The Morgan fingerprint density at radius 3 is 2.84 bits per heavy atom. The Morgan fingerprint density at radius 1 is 1.42 bits per heavy atom. The second-order valence-electron chi connectivity index (χ2n) is 5.34. The molecule has 4 heteroatoms. The Hall–Kier alpha value is -1.68. The van der Waals surface area contributed by atoms with Gasteiger partial charge < -0.3 is 10.3 Å². The van der Waals surface area contributed by atoms with Gasteiger partial charge in [-0.15, -0.1) is 0 Å². The molecular weight excluding hydrogens is 238 g/mol. The zero-order chi connectivity index (χ0) is 13.4. The van der Waals surface area contributed by atoms with E-state index in [-0.39, 0.29) is 12.3 Å². The van der Waals surface area contributed by atoms with Crippen molar-refractivity contribution in [1.82, 2.24) is 9.55 Å². The molecule has 3 rings (SSSR count). The molecule has 100 valence electrons. The topological polar surface area (TPSA) is 60.9 Å². The maximum absolute atomic E-state index is 11.6. The first kappa shape index (κ1) is 12.4. The summed E-state index contributed by atoms with van der Waals surface area (Å²) < 4.78 is 2.17. The van der Waals surface area contributed by atoms with Gasteiger partial charge in [0.2, 0.25) is 0 Å². The first-order valence-electron chi connectivity index (χ1n) is 6.90. The van der Waals surface area contributed by atoms with Gasteiger partial charge in [0, 0.05) is 18.5 Å². The van der Waals surface area contributed by atoms with Gasteiger partial charge in [-0.05, 0) is 31.0 Å². The van der Waals surface area contributed by atoms with Crippen molar-refractivity contribution in [2.45, 2.75) is 31.6 Å². The normalized spacial score (nSPS) is 16.3. The number of aromatic nitrogens is 2. The molecule has 1 aliphatic carbocycles. The number of fused-ring (bicyclic) bond motifs is 1. The van der Waals surface area contributed by atoms with Gasteiger partial charge in [0.15, 0.2) is 5.78 Å². The number of nitrogens with two attached hydrogens (primary N) is 1. The summed E-state index contributed by atoms with van der Waals surface area (Å²) in [6.07, 6.45) is 5.05. The monoisotopic (exact) mass is 257 g/mol. The lowest BCUT2D eigenvalue weighted by atomic mass is 10.1. The molecule has 19 heavy (non-hydrogen) atoms. The van der Waals surface area contributed by atoms with Crippen molar-refractivity contribution in [2.24, 2.45) is 12.8 Å². The van der Waals surface area contributed by atoms with Crippen LogP contribution in [0.2, 0.25) is 0 Å². The summed E-state index contributed by atoms with van der Waals surface area (Å²) >= 11 is 0. The van der Waals surface area contributed by atoms with Crippen LogP contribution >= 0.6 is 0 Å².